The number of methoxy groups -OCH3 is 2. The molecule has 3 aromatic carbocycles. The van der Waals surface area contributed by atoms with E-state index in [1.807, 2.05) is 23.6 Å². The molecule has 3 N–H and O–H groups in total. The number of aromatic amines is 1. The Bertz CT molecular complexity index is 2690. The number of ether oxygens (including phenoxy) is 3. The molecule has 4 amide bonds. The molecule has 9 rings (SSSR count). The van der Waals surface area contributed by atoms with Gasteiger partial charge in [0.25, 0.3) is 0 Å². The molecular formula is C59H80N8O7. The lowest BCUT2D eigenvalue weighted by molar-refractivity contribution is -0.141. The van der Waals surface area contributed by atoms with Gasteiger partial charge in [-0.25, -0.2) is 14.6 Å². The number of piperidine rings is 1. The number of amides is 4. The quantitative estimate of drug-likeness (QED) is 0.118. The van der Waals surface area contributed by atoms with Crippen LogP contribution in [0.1, 0.15) is 159 Å². The number of aromatic nitrogens is 2. The molecule has 1 aromatic heterocycles. The van der Waals surface area contributed by atoms with E-state index in [0.29, 0.717) is 51.0 Å². The number of rotatable bonds is 13. The summed E-state index contributed by atoms with van der Waals surface area (Å²) >= 11 is 0. The number of likely N-dealkylation sites (tertiary alicyclic amines) is 2. The van der Waals surface area contributed by atoms with Gasteiger partial charge in [0.2, 0.25) is 11.8 Å². The SMILES string of the molecule is COC(=O)NC(C(=O)N1CCCC1C1=Nc2cc(C3CCC(c4ccc5nc(C6CCC(CC(C)C)CN6C(=O)C(NC(=O)OC)C6CCOCC6)[nH]c5c4)N3c3ccc(C(C)(C)C)cc3)ccc2CC1)C(C)C. The van der Waals surface area contributed by atoms with Gasteiger partial charge < -0.3 is 44.5 Å². The third kappa shape index (κ3) is 11.3. The fourth-order valence-electron chi connectivity index (χ4n) is 12.7. The van der Waals surface area contributed by atoms with Crippen molar-refractivity contribution < 1.29 is 33.4 Å². The second kappa shape index (κ2) is 22.5. The van der Waals surface area contributed by atoms with Gasteiger partial charge in [-0.3, -0.25) is 14.6 Å². The number of benzene rings is 3. The van der Waals surface area contributed by atoms with Crippen molar-refractivity contribution in [3.63, 3.8) is 0 Å². The van der Waals surface area contributed by atoms with Crippen LogP contribution in [0.3, 0.4) is 0 Å². The first-order chi connectivity index (χ1) is 35.5. The molecule has 74 heavy (non-hydrogen) atoms. The van der Waals surface area contributed by atoms with Crippen molar-refractivity contribution in [1.29, 1.82) is 0 Å². The van der Waals surface area contributed by atoms with Gasteiger partial charge in [-0.05, 0) is 152 Å². The van der Waals surface area contributed by atoms with Gasteiger partial charge in [0.05, 0.1) is 55.1 Å². The number of imidazole rings is 1. The van der Waals surface area contributed by atoms with Crippen molar-refractivity contribution in [3.05, 3.63) is 88.7 Å². The van der Waals surface area contributed by atoms with E-state index in [2.05, 4.69) is 116 Å². The second-order valence-electron chi connectivity index (χ2n) is 23.4. The molecule has 15 heteroatoms. The van der Waals surface area contributed by atoms with Crippen LogP contribution in [0.5, 0.6) is 0 Å². The lowest BCUT2D eigenvalue weighted by Crippen LogP contribution is -2.56. The smallest absolute Gasteiger partial charge is 0.407 e. The van der Waals surface area contributed by atoms with E-state index in [-0.39, 0.29) is 53.2 Å². The van der Waals surface area contributed by atoms with Crippen molar-refractivity contribution in [2.24, 2.45) is 28.7 Å². The van der Waals surface area contributed by atoms with E-state index in [0.717, 1.165) is 91.7 Å². The summed E-state index contributed by atoms with van der Waals surface area (Å²) in [6.07, 6.45) is 8.16. The fraction of sp³-hybridized carbons (Fsp3) is 0.593. The van der Waals surface area contributed by atoms with E-state index in [1.165, 1.54) is 36.5 Å². The number of hydrogen-bond acceptors (Lipinski definition) is 10. The molecule has 6 heterocycles. The molecule has 15 nitrogen and oxygen atoms in total. The van der Waals surface area contributed by atoms with Crippen molar-refractivity contribution in [2.45, 2.75) is 161 Å². The van der Waals surface area contributed by atoms with Crippen molar-refractivity contribution in [3.8, 4) is 0 Å². The summed E-state index contributed by atoms with van der Waals surface area (Å²) in [5.74, 6) is 1.27. The first-order valence-corrected chi connectivity index (χ1v) is 27.5. The molecule has 0 aliphatic carbocycles. The summed E-state index contributed by atoms with van der Waals surface area (Å²) in [4.78, 5) is 74.8. The lowest BCUT2D eigenvalue weighted by atomic mass is 9.84. The summed E-state index contributed by atoms with van der Waals surface area (Å²) in [6.45, 7) is 17.4. The highest BCUT2D eigenvalue weighted by molar-refractivity contribution is 5.98. The van der Waals surface area contributed by atoms with Crippen LogP contribution in [-0.2, 0) is 35.6 Å². The lowest BCUT2D eigenvalue weighted by Gasteiger charge is -2.42. The molecule has 4 fully saturated rings. The van der Waals surface area contributed by atoms with Crippen LogP contribution in [0.15, 0.2) is 65.7 Å². The first kappa shape index (κ1) is 52.9. The zero-order chi connectivity index (χ0) is 52.4. The largest absolute Gasteiger partial charge is 0.453 e. The molecule has 5 aliphatic heterocycles. The number of alkyl carbamates (subject to hydrolysis) is 2. The van der Waals surface area contributed by atoms with Gasteiger partial charge in [0.1, 0.15) is 17.9 Å². The molecule has 7 unspecified atom stereocenters. The number of carbonyl (C=O) groups is 4. The Kier molecular flexibility index (Phi) is 16.1. The number of nitrogens with zero attached hydrogens (tertiary/aromatic N) is 5. The maximum atomic E-state index is 14.9. The monoisotopic (exact) mass is 1010 g/mol. The van der Waals surface area contributed by atoms with Gasteiger partial charge in [-0.2, -0.15) is 0 Å². The highest BCUT2D eigenvalue weighted by Gasteiger charge is 2.43. The minimum atomic E-state index is -0.723. The highest BCUT2D eigenvalue weighted by Crippen LogP contribution is 2.49. The number of fused-ring (bicyclic) bond motifs is 2. The Morgan fingerprint density at radius 2 is 1.43 bits per heavy atom. The zero-order valence-corrected chi connectivity index (χ0v) is 45.2. The number of hydrogen-bond donors (Lipinski definition) is 3. The molecule has 0 radical (unpaired) electrons. The Labute approximate surface area is 437 Å². The second-order valence-corrected chi connectivity index (χ2v) is 23.4. The van der Waals surface area contributed by atoms with Crippen LogP contribution < -0.4 is 15.5 Å². The average Bonchev–Trinajstić information content (AvgIpc) is 4.18. The van der Waals surface area contributed by atoms with Crippen LogP contribution in [0.4, 0.5) is 21.0 Å². The van der Waals surface area contributed by atoms with E-state index in [4.69, 9.17) is 24.2 Å². The highest BCUT2D eigenvalue weighted by atomic mass is 16.5. The Morgan fingerprint density at radius 3 is 2.11 bits per heavy atom. The van der Waals surface area contributed by atoms with Gasteiger partial charge in [-0.1, -0.05) is 78.8 Å². The van der Waals surface area contributed by atoms with Crippen molar-refractivity contribution in [2.75, 3.05) is 45.4 Å². The Hall–Kier alpha value is -5.96. The van der Waals surface area contributed by atoms with Crippen LogP contribution in [0.2, 0.25) is 0 Å². The van der Waals surface area contributed by atoms with Gasteiger partial charge in [-0.15, -0.1) is 0 Å². The minimum Gasteiger partial charge on any atom is -0.453 e. The normalized spacial score (nSPS) is 23.4. The van der Waals surface area contributed by atoms with Gasteiger partial charge >= 0.3 is 12.2 Å². The third-order valence-electron chi connectivity index (χ3n) is 16.6. The minimum absolute atomic E-state index is 0.00441. The molecule has 0 bridgehead atoms. The predicted octanol–water partition coefficient (Wildman–Crippen LogP) is 10.8. The molecular weight excluding hydrogens is 933 g/mol. The zero-order valence-electron chi connectivity index (χ0n) is 45.2. The van der Waals surface area contributed by atoms with E-state index in [9.17, 15) is 19.2 Å². The standard InChI is InChI=1S/C59H80N8O7/c1-35(2)31-37-12-23-51(66(34-37)56(69)53(64-58(71)73-9)39-26-29-74-30-27-39)54-61-44-21-16-41(33-47(44)62-54)49-25-24-48(67(49)43-19-17-42(18-20-43)59(5,6)7)40-14-13-38-15-22-45(60-46(38)32-40)50-11-10-28-65(50)55(68)52(36(3)4)63-57(70)72-8/h13-14,16-21,32-33,35-37,39,48-53H,10-12,15,22-31,34H2,1-9H3,(H,61,62)(H,63,70)(H,64,71). The Balaban J connectivity index is 1.02. The summed E-state index contributed by atoms with van der Waals surface area (Å²) in [5.41, 5.74) is 9.85. The van der Waals surface area contributed by atoms with Crippen LogP contribution in [0, 0.1) is 23.7 Å². The first-order valence-electron chi connectivity index (χ1n) is 27.5. The summed E-state index contributed by atoms with van der Waals surface area (Å²) in [5, 5.41) is 5.73. The topological polar surface area (TPSA) is 171 Å². The Morgan fingerprint density at radius 1 is 0.757 bits per heavy atom. The number of aliphatic imine (C=N–C) groups is 1. The molecule has 4 saturated heterocycles. The number of nitrogens with one attached hydrogen (secondary N) is 3. The number of carbonyl (C=O) groups excluding carboxylic acids is 4. The predicted molar refractivity (Wildman–Crippen MR) is 289 cm³/mol. The average molecular weight is 1010 g/mol. The number of aryl methyl sites for hydroxylation is 1. The molecule has 4 aromatic rings. The fourth-order valence-corrected chi connectivity index (χ4v) is 12.7. The van der Waals surface area contributed by atoms with Gasteiger partial charge in [0, 0.05) is 37.7 Å². The van der Waals surface area contributed by atoms with Crippen molar-refractivity contribution in [1.82, 2.24) is 30.4 Å². The van der Waals surface area contributed by atoms with Crippen LogP contribution in [0.25, 0.3) is 11.0 Å². The molecule has 0 saturated carbocycles. The summed E-state index contributed by atoms with van der Waals surface area (Å²) in [7, 11) is 2.66. The molecule has 5 aliphatic rings. The molecule has 0 spiro atoms. The summed E-state index contributed by atoms with van der Waals surface area (Å²) < 4.78 is 15.6. The third-order valence-corrected chi connectivity index (χ3v) is 16.6. The number of H-pyrrole nitrogens is 1. The number of anilines is 1. The van der Waals surface area contributed by atoms with E-state index in [1.54, 1.807) is 0 Å². The molecule has 7 atom stereocenters. The maximum Gasteiger partial charge on any atom is 0.407 e. The summed E-state index contributed by atoms with van der Waals surface area (Å²) in [6, 6.07) is 20.9. The van der Waals surface area contributed by atoms with Gasteiger partial charge in [0.15, 0.2) is 0 Å². The van der Waals surface area contributed by atoms with E-state index < -0.39 is 24.3 Å². The van der Waals surface area contributed by atoms with Crippen molar-refractivity contribution >= 4 is 52.1 Å². The molecule has 398 valence electrons. The maximum absolute atomic E-state index is 14.9. The van der Waals surface area contributed by atoms with Crippen LogP contribution >= 0.6 is 0 Å². The van der Waals surface area contributed by atoms with Crippen LogP contribution in [-0.4, -0.2) is 108 Å². The van der Waals surface area contributed by atoms with E-state index >= 15 is 0 Å².